The van der Waals surface area contributed by atoms with Crippen LogP contribution in [0.15, 0.2) is 18.2 Å². The molecular formula is C14H20O3. The molecule has 0 aliphatic heterocycles. The number of carbonyl (C=O) groups is 1. The highest BCUT2D eigenvalue weighted by Crippen LogP contribution is 2.28. The summed E-state index contributed by atoms with van der Waals surface area (Å²) >= 11 is 0. The first-order chi connectivity index (χ1) is 8.13. The second-order valence-corrected chi connectivity index (χ2v) is 4.12. The number of Topliss-reactive ketones (excluding diaryl/α,β-unsaturated/α-hetero) is 1. The van der Waals surface area contributed by atoms with E-state index in [1.165, 1.54) is 0 Å². The minimum atomic E-state index is 0.0538. The fourth-order valence-corrected chi connectivity index (χ4v) is 1.84. The van der Waals surface area contributed by atoms with Crippen molar-refractivity contribution in [1.29, 1.82) is 0 Å². The van der Waals surface area contributed by atoms with Gasteiger partial charge in [0.25, 0.3) is 0 Å². The standard InChI is InChI=1S/C14H20O3/c1-5-6-10(2)14(15)11-7-8-12(16-3)13(9-11)17-4/h7-10H,5-6H2,1-4H3. The van der Waals surface area contributed by atoms with E-state index in [2.05, 4.69) is 6.92 Å². The predicted octanol–water partition coefficient (Wildman–Crippen LogP) is 3.32. The molecule has 1 aromatic rings. The Labute approximate surface area is 103 Å². The molecule has 1 rings (SSSR count). The molecule has 0 saturated carbocycles. The molecule has 0 heterocycles. The molecule has 0 N–H and O–H groups in total. The third-order valence-electron chi connectivity index (χ3n) is 2.84. The summed E-state index contributed by atoms with van der Waals surface area (Å²) in [5, 5.41) is 0. The lowest BCUT2D eigenvalue weighted by Gasteiger charge is -2.12. The van der Waals surface area contributed by atoms with Gasteiger partial charge in [-0.3, -0.25) is 4.79 Å². The lowest BCUT2D eigenvalue weighted by Crippen LogP contribution is -2.11. The maximum atomic E-state index is 12.1. The van der Waals surface area contributed by atoms with Gasteiger partial charge in [-0.1, -0.05) is 20.3 Å². The summed E-state index contributed by atoms with van der Waals surface area (Å²) < 4.78 is 10.3. The summed E-state index contributed by atoms with van der Waals surface area (Å²) in [6, 6.07) is 5.30. The highest BCUT2D eigenvalue weighted by atomic mass is 16.5. The Kier molecular flexibility index (Phi) is 5.01. The van der Waals surface area contributed by atoms with E-state index in [0.717, 1.165) is 12.8 Å². The van der Waals surface area contributed by atoms with Crippen LogP contribution in [0.4, 0.5) is 0 Å². The second-order valence-electron chi connectivity index (χ2n) is 4.12. The van der Waals surface area contributed by atoms with Crippen molar-refractivity contribution in [3.63, 3.8) is 0 Å². The molecule has 94 valence electrons. The molecule has 0 bridgehead atoms. The van der Waals surface area contributed by atoms with Crippen LogP contribution in [0.1, 0.15) is 37.0 Å². The number of hydrogen-bond acceptors (Lipinski definition) is 3. The van der Waals surface area contributed by atoms with Crippen LogP contribution in [0.25, 0.3) is 0 Å². The zero-order valence-electron chi connectivity index (χ0n) is 10.9. The van der Waals surface area contributed by atoms with E-state index in [1.54, 1.807) is 32.4 Å². The first-order valence-corrected chi connectivity index (χ1v) is 5.90. The zero-order chi connectivity index (χ0) is 12.8. The lowest BCUT2D eigenvalue weighted by molar-refractivity contribution is 0.0923. The maximum Gasteiger partial charge on any atom is 0.165 e. The lowest BCUT2D eigenvalue weighted by atomic mass is 9.95. The van der Waals surface area contributed by atoms with Gasteiger partial charge in [0.05, 0.1) is 14.2 Å². The molecule has 1 unspecified atom stereocenters. The van der Waals surface area contributed by atoms with Crippen LogP contribution in [-0.4, -0.2) is 20.0 Å². The largest absolute Gasteiger partial charge is 0.493 e. The van der Waals surface area contributed by atoms with Crippen LogP contribution in [0, 0.1) is 5.92 Å². The van der Waals surface area contributed by atoms with Crippen molar-refractivity contribution in [2.75, 3.05) is 14.2 Å². The van der Waals surface area contributed by atoms with Crippen LogP contribution in [0.5, 0.6) is 11.5 Å². The first kappa shape index (κ1) is 13.6. The van der Waals surface area contributed by atoms with Crippen molar-refractivity contribution in [3.05, 3.63) is 23.8 Å². The zero-order valence-corrected chi connectivity index (χ0v) is 10.9. The molecule has 0 aromatic heterocycles. The van der Waals surface area contributed by atoms with E-state index in [4.69, 9.17) is 9.47 Å². The van der Waals surface area contributed by atoms with Crippen molar-refractivity contribution >= 4 is 5.78 Å². The summed E-state index contributed by atoms with van der Waals surface area (Å²) in [4.78, 5) is 12.1. The van der Waals surface area contributed by atoms with Gasteiger partial charge >= 0.3 is 0 Å². The van der Waals surface area contributed by atoms with Gasteiger partial charge in [0.1, 0.15) is 0 Å². The van der Waals surface area contributed by atoms with Crippen LogP contribution in [0.2, 0.25) is 0 Å². The van der Waals surface area contributed by atoms with Gasteiger partial charge in [-0.2, -0.15) is 0 Å². The van der Waals surface area contributed by atoms with E-state index < -0.39 is 0 Å². The van der Waals surface area contributed by atoms with Crippen molar-refractivity contribution < 1.29 is 14.3 Å². The average molecular weight is 236 g/mol. The Morgan fingerprint density at radius 2 is 1.88 bits per heavy atom. The van der Waals surface area contributed by atoms with Gasteiger partial charge in [0.15, 0.2) is 17.3 Å². The van der Waals surface area contributed by atoms with E-state index >= 15 is 0 Å². The normalized spacial score (nSPS) is 12.0. The minimum absolute atomic E-state index is 0.0538. The number of ether oxygens (including phenoxy) is 2. The SMILES string of the molecule is CCCC(C)C(=O)c1ccc(OC)c(OC)c1. The summed E-state index contributed by atoms with van der Waals surface area (Å²) in [6.45, 7) is 4.04. The number of carbonyl (C=O) groups excluding carboxylic acids is 1. The smallest absolute Gasteiger partial charge is 0.165 e. The molecule has 0 saturated heterocycles. The van der Waals surface area contributed by atoms with Gasteiger partial charge in [-0.05, 0) is 24.6 Å². The number of methoxy groups -OCH3 is 2. The van der Waals surface area contributed by atoms with Gasteiger partial charge in [-0.15, -0.1) is 0 Å². The molecule has 0 fully saturated rings. The molecule has 0 aliphatic carbocycles. The quantitative estimate of drug-likeness (QED) is 0.711. The Morgan fingerprint density at radius 3 is 2.41 bits per heavy atom. The monoisotopic (exact) mass is 236 g/mol. The number of ketones is 1. The Morgan fingerprint density at radius 1 is 1.24 bits per heavy atom. The van der Waals surface area contributed by atoms with E-state index in [1.807, 2.05) is 6.92 Å². The maximum absolute atomic E-state index is 12.1. The fraction of sp³-hybridized carbons (Fsp3) is 0.500. The molecule has 3 nitrogen and oxygen atoms in total. The van der Waals surface area contributed by atoms with Crippen molar-refractivity contribution in [2.45, 2.75) is 26.7 Å². The van der Waals surface area contributed by atoms with Gasteiger partial charge in [-0.25, -0.2) is 0 Å². The van der Waals surface area contributed by atoms with Crippen LogP contribution < -0.4 is 9.47 Å². The van der Waals surface area contributed by atoms with Gasteiger partial charge in [0.2, 0.25) is 0 Å². The Hall–Kier alpha value is -1.51. The highest BCUT2D eigenvalue weighted by molar-refractivity contribution is 5.98. The summed E-state index contributed by atoms with van der Waals surface area (Å²) in [7, 11) is 3.15. The van der Waals surface area contributed by atoms with Crippen molar-refractivity contribution in [3.8, 4) is 11.5 Å². The minimum Gasteiger partial charge on any atom is -0.493 e. The highest BCUT2D eigenvalue weighted by Gasteiger charge is 2.16. The molecule has 1 aromatic carbocycles. The molecule has 17 heavy (non-hydrogen) atoms. The second kappa shape index (κ2) is 6.28. The van der Waals surface area contributed by atoms with Crippen LogP contribution >= 0.6 is 0 Å². The molecule has 0 radical (unpaired) electrons. The topological polar surface area (TPSA) is 35.5 Å². The van der Waals surface area contributed by atoms with E-state index in [0.29, 0.717) is 17.1 Å². The summed E-state index contributed by atoms with van der Waals surface area (Å²) in [5.74, 6) is 1.46. The third-order valence-corrected chi connectivity index (χ3v) is 2.84. The van der Waals surface area contributed by atoms with Gasteiger partial charge in [0, 0.05) is 11.5 Å². The molecule has 0 spiro atoms. The first-order valence-electron chi connectivity index (χ1n) is 5.90. The van der Waals surface area contributed by atoms with Crippen LogP contribution in [-0.2, 0) is 0 Å². The third kappa shape index (κ3) is 3.22. The van der Waals surface area contributed by atoms with E-state index in [9.17, 15) is 4.79 Å². The summed E-state index contributed by atoms with van der Waals surface area (Å²) in [5.41, 5.74) is 0.684. The van der Waals surface area contributed by atoms with Gasteiger partial charge < -0.3 is 9.47 Å². The van der Waals surface area contributed by atoms with Crippen molar-refractivity contribution in [2.24, 2.45) is 5.92 Å². The Balaban J connectivity index is 2.95. The average Bonchev–Trinajstić information content (AvgIpc) is 2.37. The van der Waals surface area contributed by atoms with E-state index in [-0.39, 0.29) is 11.7 Å². The molecule has 1 atom stereocenters. The molecule has 0 aliphatic rings. The Bertz CT molecular complexity index is 385. The predicted molar refractivity (Wildman–Crippen MR) is 67.9 cm³/mol. The van der Waals surface area contributed by atoms with Crippen molar-refractivity contribution in [1.82, 2.24) is 0 Å². The fourth-order valence-electron chi connectivity index (χ4n) is 1.84. The summed E-state index contributed by atoms with van der Waals surface area (Å²) in [6.07, 6.45) is 1.92. The molecule has 0 amide bonds. The van der Waals surface area contributed by atoms with Crippen LogP contribution in [0.3, 0.4) is 0 Å². The number of benzene rings is 1. The molecular weight excluding hydrogens is 216 g/mol. The number of rotatable bonds is 6. The molecule has 3 heteroatoms. The number of hydrogen-bond donors (Lipinski definition) is 0.